The van der Waals surface area contributed by atoms with Crippen LogP contribution in [0.3, 0.4) is 0 Å². The Hall–Kier alpha value is -3.48. The van der Waals surface area contributed by atoms with E-state index in [-0.39, 0.29) is 0 Å². The lowest BCUT2D eigenvalue weighted by atomic mass is 10.0. The van der Waals surface area contributed by atoms with Crippen molar-refractivity contribution in [3.63, 3.8) is 0 Å². The molecule has 0 heterocycles. The van der Waals surface area contributed by atoms with Crippen LogP contribution in [0.4, 0.5) is 0 Å². The van der Waals surface area contributed by atoms with Crippen molar-refractivity contribution in [1.29, 1.82) is 0 Å². The molecule has 0 saturated carbocycles. The van der Waals surface area contributed by atoms with Gasteiger partial charge in [0.1, 0.15) is 0 Å². The molecule has 2 amide bonds. The number of amides is 2. The SMILES string of the molecule is CCCN(Cc1ccccc1)C(=O)[C@H](O)[C@@H](O)C(=O)N[C@H](C)c1ccc(Cc2ccccc2)cc1. The van der Waals surface area contributed by atoms with E-state index in [1.807, 2.05) is 79.7 Å². The predicted octanol–water partition coefficient (Wildman–Crippen LogP) is 3.62. The molecule has 0 bridgehead atoms. The van der Waals surface area contributed by atoms with Crippen molar-refractivity contribution < 1.29 is 19.8 Å². The van der Waals surface area contributed by atoms with Crippen LogP contribution in [0, 0.1) is 0 Å². The molecule has 0 aliphatic rings. The zero-order valence-corrected chi connectivity index (χ0v) is 20.3. The lowest BCUT2D eigenvalue weighted by Crippen LogP contribution is -2.51. The van der Waals surface area contributed by atoms with Gasteiger partial charge in [-0.2, -0.15) is 0 Å². The van der Waals surface area contributed by atoms with Crippen LogP contribution in [0.25, 0.3) is 0 Å². The number of hydrogen-bond acceptors (Lipinski definition) is 4. The Morgan fingerprint density at radius 3 is 1.91 bits per heavy atom. The van der Waals surface area contributed by atoms with Crippen molar-refractivity contribution in [3.8, 4) is 0 Å². The fourth-order valence-corrected chi connectivity index (χ4v) is 3.94. The monoisotopic (exact) mass is 474 g/mol. The quantitative estimate of drug-likeness (QED) is 0.396. The molecule has 0 saturated heterocycles. The molecular weight excluding hydrogens is 440 g/mol. The average Bonchev–Trinajstić information content (AvgIpc) is 2.88. The highest BCUT2D eigenvalue weighted by molar-refractivity contribution is 5.90. The van der Waals surface area contributed by atoms with Gasteiger partial charge in [0, 0.05) is 13.1 Å². The molecule has 0 aliphatic carbocycles. The molecule has 3 N–H and O–H groups in total. The van der Waals surface area contributed by atoms with Gasteiger partial charge in [-0.25, -0.2) is 0 Å². The van der Waals surface area contributed by atoms with Crippen LogP contribution in [0.5, 0.6) is 0 Å². The van der Waals surface area contributed by atoms with Gasteiger partial charge in [-0.1, -0.05) is 91.9 Å². The standard InChI is InChI=1S/C29H34N2O4/c1-3-18-31(20-24-12-8-5-9-13-24)29(35)27(33)26(32)28(34)30-21(2)25-16-14-23(15-17-25)19-22-10-6-4-7-11-22/h4-17,21,26-27,32-33H,3,18-20H2,1-2H3,(H,30,34)/t21-,26-,27-/m1/s1. The first-order chi connectivity index (χ1) is 16.9. The van der Waals surface area contributed by atoms with E-state index in [1.54, 1.807) is 6.92 Å². The van der Waals surface area contributed by atoms with Gasteiger partial charge < -0.3 is 20.4 Å². The second-order valence-corrected chi connectivity index (χ2v) is 8.77. The molecule has 3 aromatic rings. The van der Waals surface area contributed by atoms with E-state index in [9.17, 15) is 19.8 Å². The van der Waals surface area contributed by atoms with Crippen molar-refractivity contribution in [2.45, 2.75) is 51.5 Å². The highest BCUT2D eigenvalue weighted by Crippen LogP contribution is 2.17. The van der Waals surface area contributed by atoms with Gasteiger partial charge in [-0.05, 0) is 42.0 Å². The Labute approximate surface area is 207 Å². The first kappa shape index (κ1) is 26.1. The number of nitrogens with zero attached hydrogens (tertiary/aromatic N) is 1. The molecule has 35 heavy (non-hydrogen) atoms. The highest BCUT2D eigenvalue weighted by atomic mass is 16.3. The molecule has 3 rings (SSSR count). The largest absolute Gasteiger partial charge is 0.380 e. The van der Waals surface area contributed by atoms with Gasteiger partial charge in [0.15, 0.2) is 12.2 Å². The lowest BCUT2D eigenvalue weighted by Gasteiger charge is -2.27. The third kappa shape index (κ3) is 7.50. The molecule has 6 nitrogen and oxygen atoms in total. The van der Waals surface area contributed by atoms with E-state index in [1.165, 1.54) is 10.5 Å². The van der Waals surface area contributed by atoms with Crippen molar-refractivity contribution in [1.82, 2.24) is 10.2 Å². The second kappa shape index (κ2) is 12.8. The summed E-state index contributed by atoms with van der Waals surface area (Å²) in [5.41, 5.74) is 4.13. The van der Waals surface area contributed by atoms with Crippen LogP contribution < -0.4 is 5.32 Å². The average molecular weight is 475 g/mol. The summed E-state index contributed by atoms with van der Waals surface area (Å²) < 4.78 is 0. The van der Waals surface area contributed by atoms with Crippen LogP contribution in [-0.2, 0) is 22.6 Å². The Morgan fingerprint density at radius 1 is 0.800 bits per heavy atom. The summed E-state index contributed by atoms with van der Waals surface area (Å²) in [7, 11) is 0. The first-order valence-electron chi connectivity index (χ1n) is 12.0. The number of aliphatic hydroxyl groups excluding tert-OH is 2. The molecular formula is C29H34N2O4. The number of aliphatic hydroxyl groups is 2. The summed E-state index contributed by atoms with van der Waals surface area (Å²) in [4.78, 5) is 27.0. The minimum atomic E-state index is -1.86. The van der Waals surface area contributed by atoms with Crippen LogP contribution in [0.2, 0.25) is 0 Å². The topological polar surface area (TPSA) is 89.9 Å². The summed E-state index contributed by atoms with van der Waals surface area (Å²) in [5.74, 6) is -1.46. The molecule has 0 fully saturated rings. The van der Waals surface area contributed by atoms with Crippen molar-refractivity contribution in [2.75, 3.05) is 6.54 Å². The van der Waals surface area contributed by atoms with Crippen LogP contribution >= 0.6 is 0 Å². The first-order valence-corrected chi connectivity index (χ1v) is 12.0. The summed E-state index contributed by atoms with van der Waals surface area (Å²) >= 11 is 0. The zero-order valence-electron chi connectivity index (χ0n) is 20.3. The number of benzene rings is 3. The molecule has 6 heteroatoms. The molecule has 0 spiro atoms. The minimum absolute atomic E-state index is 0.296. The van der Waals surface area contributed by atoms with Crippen molar-refractivity contribution in [3.05, 3.63) is 107 Å². The smallest absolute Gasteiger partial charge is 0.254 e. The van der Waals surface area contributed by atoms with Gasteiger partial charge >= 0.3 is 0 Å². The summed E-state index contributed by atoms with van der Waals surface area (Å²) in [6.07, 6.45) is -2.21. The van der Waals surface area contributed by atoms with E-state index in [2.05, 4.69) is 17.4 Å². The van der Waals surface area contributed by atoms with E-state index < -0.39 is 30.1 Å². The Bertz CT molecular complexity index is 1070. The van der Waals surface area contributed by atoms with Crippen molar-refractivity contribution in [2.24, 2.45) is 0 Å². The maximum absolute atomic E-state index is 12.9. The summed E-state index contributed by atoms with van der Waals surface area (Å²) in [5, 5.41) is 23.6. The number of hydrogen-bond donors (Lipinski definition) is 3. The molecule has 0 unspecified atom stereocenters. The maximum Gasteiger partial charge on any atom is 0.254 e. The zero-order chi connectivity index (χ0) is 25.2. The Balaban J connectivity index is 1.58. The molecule has 0 aromatic heterocycles. The third-order valence-electron chi connectivity index (χ3n) is 5.93. The normalized spacial score (nSPS) is 13.5. The Morgan fingerprint density at radius 2 is 1.34 bits per heavy atom. The van der Waals surface area contributed by atoms with Crippen LogP contribution in [0.15, 0.2) is 84.9 Å². The highest BCUT2D eigenvalue weighted by Gasteiger charge is 2.33. The fraction of sp³-hybridized carbons (Fsp3) is 0.310. The molecule has 0 aliphatic heterocycles. The van der Waals surface area contributed by atoms with Gasteiger partial charge in [0.25, 0.3) is 11.8 Å². The van der Waals surface area contributed by atoms with E-state index in [4.69, 9.17) is 0 Å². The second-order valence-electron chi connectivity index (χ2n) is 8.77. The van der Waals surface area contributed by atoms with Gasteiger partial charge in [0.2, 0.25) is 0 Å². The predicted molar refractivity (Wildman–Crippen MR) is 136 cm³/mol. The van der Waals surface area contributed by atoms with Crippen LogP contribution in [0.1, 0.15) is 48.6 Å². The number of carbonyl (C=O) groups excluding carboxylic acids is 2. The van der Waals surface area contributed by atoms with Crippen molar-refractivity contribution >= 4 is 11.8 Å². The van der Waals surface area contributed by atoms with Crippen LogP contribution in [-0.4, -0.2) is 45.7 Å². The lowest BCUT2D eigenvalue weighted by molar-refractivity contribution is -0.153. The molecule has 184 valence electrons. The molecule has 3 atom stereocenters. The fourth-order valence-electron chi connectivity index (χ4n) is 3.94. The van der Waals surface area contributed by atoms with E-state index >= 15 is 0 Å². The summed E-state index contributed by atoms with van der Waals surface area (Å²) in [6.45, 7) is 4.42. The molecule has 3 aromatic carbocycles. The maximum atomic E-state index is 12.9. The Kier molecular flexibility index (Phi) is 9.58. The number of rotatable bonds is 11. The third-order valence-corrected chi connectivity index (χ3v) is 5.93. The molecule has 0 radical (unpaired) electrons. The van der Waals surface area contributed by atoms with Gasteiger partial charge in [-0.3, -0.25) is 9.59 Å². The minimum Gasteiger partial charge on any atom is -0.380 e. The summed E-state index contributed by atoms with van der Waals surface area (Å²) in [6, 6.07) is 27.0. The van der Waals surface area contributed by atoms with E-state index in [0.717, 1.165) is 23.1 Å². The van der Waals surface area contributed by atoms with E-state index in [0.29, 0.717) is 19.5 Å². The number of carbonyl (C=O) groups is 2. The number of nitrogens with one attached hydrogen (secondary N) is 1. The van der Waals surface area contributed by atoms with Gasteiger partial charge in [0.05, 0.1) is 6.04 Å². The van der Waals surface area contributed by atoms with Gasteiger partial charge in [-0.15, -0.1) is 0 Å².